The molecule has 0 aliphatic rings. The predicted octanol–water partition coefficient (Wildman–Crippen LogP) is 5.13. The van der Waals surface area contributed by atoms with Gasteiger partial charge in [-0.15, -0.1) is 11.3 Å². The molecule has 0 fully saturated rings. The van der Waals surface area contributed by atoms with Crippen molar-refractivity contribution in [2.45, 2.75) is 20.4 Å². The largest absolute Gasteiger partial charge is 0.495 e. The van der Waals surface area contributed by atoms with Crippen LogP contribution in [0.2, 0.25) is 5.02 Å². The van der Waals surface area contributed by atoms with Crippen molar-refractivity contribution < 1.29 is 9.53 Å². The van der Waals surface area contributed by atoms with E-state index in [0.29, 0.717) is 22.0 Å². The maximum atomic E-state index is 12.8. The second-order valence-corrected chi connectivity index (χ2v) is 7.22. The number of hydrogen-bond donors (Lipinski definition) is 1. The minimum absolute atomic E-state index is 0.175. The number of benzene rings is 1. The van der Waals surface area contributed by atoms with Gasteiger partial charge in [0.2, 0.25) is 0 Å². The second kappa shape index (κ2) is 7.33. The topological polar surface area (TPSA) is 43.3 Å². The van der Waals surface area contributed by atoms with Gasteiger partial charge in [0.25, 0.3) is 5.91 Å². The first kappa shape index (κ1) is 17.6. The number of ether oxygens (including phenoxy) is 1. The molecule has 0 bridgehead atoms. The summed E-state index contributed by atoms with van der Waals surface area (Å²) in [6.45, 7) is 4.74. The van der Waals surface area contributed by atoms with Gasteiger partial charge in [-0.1, -0.05) is 17.7 Å². The van der Waals surface area contributed by atoms with Crippen molar-refractivity contribution >= 4 is 34.5 Å². The van der Waals surface area contributed by atoms with E-state index in [1.54, 1.807) is 36.6 Å². The number of hydrogen-bond acceptors (Lipinski definition) is 3. The van der Waals surface area contributed by atoms with Gasteiger partial charge in [0, 0.05) is 21.3 Å². The molecule has 130 valence electrons. The van der Waals surface area contributed by atoms with Gasteiger partial charge >= 0.3 is 0 Å². The smallest absolute Gasteiger partial charge is 0.257 e. The summed E-state index contributed by atoms with van der Waals surface area (Å²) in [4.78, 5) is 14.0. The highest BCUT2D eigenvalue weighted by Gasteiger charge is 2.17. The molecule has 3 rings (SSSR count). The summed E-state index contributed by atoms with van der Waals surface area (Å²) < 4.78 is 7.44. The van der Waals surface area contributed by atoms with Crippen molar-refractivity contribution in [2.75, 3.05) is 12.4 Å². The van der Waals surface area contributed by atoms with E-state index in [0.717, 1.165) is 17.9 Å². The number of carbonyl (C=O) groups is 1. The van der Waals surface area contributed by atoms with Gasteiger partial charge in [0.1, 0.15) is 5.75 Å². The predicted molar refractivity (Wildman–Crippen MR) is 103 cm³/mol. The zero-order valence-electron chi connectivity index (χ0n) is 14.3. The fourth-order valence-electron chi connectivity index (χ4n) is 2.80. The van der Waals surface area contributed by atoms with Crippen LogP contribution in [0.3, 0.4) is 0 Å². The number of anilines is 1. The van der Waals surface area contributed by atoms with Crippen LogP contribution in [0.15, 0.2) is 41.8 Å². The molecule has 6 heteroatoms. The van der Waals surface area contributed by atoms with E-state index in [9.17, 15) is 4.79 Å². The summed E-state index contributed by atoms with van der Waals surface area (Å²) in [5.74, 6) is 0.399. The molecule has 2 heterocycles. The Bertz CT molecular complexity index is 901. The Morgan fingerprint density at radius 1 is 1.28 bits per heavy atom. The third-order valence-electron chi connectivity index (χ3n) is 4.12. The van der Waals surface area contributed by atoms with Crippen LogP contribution in [0.5, 0.6) is 5.75 Å². The van der Waals surface area contributed by atoms with E-state index in [4.69, 9.17) is 16.3 Å². The van der Waals surface area contributed by atoms with E-state index < -0.39 is 0 Å². The number of halogens is 1. The average Bonchev–Trinajstić information content (AvgIpc) is 3.19. The zero-order chi connectivity index (χ0) is 18.0. The van der Waals surface area contributed by atoms with Crippen molar-refractivity contribution in [3.8, 4) is 5.75 Å². The molecular weight excluding hydrogens is 356 g/mol. The lowest BCUT2D eigenvalue weighted by atomic mass is 10.2. The van der Waals surface area contributed by atoms with Crippen molar-refractivity contribution in [2.24, 2.45) is 0 Å². The van der Waals surface area contributed by atoms with Crippen LogP contribution in [0.4, 0.5) is 5.69 Å². The number of aryl methyl sites for hydroxylation is 1. The summed E-state index contributed by atoms with van der Waals surface area (Å²) >= 11 is 7.74. The quantitative estimate of drug-likeness (QED) is 0.672. The molecule has 0 saturated heterocycles. The Labute approximate surface area is 156 Å². The first-order chi connectivity index (χ1) is 12.0. The summed E-state index contributed by atoms with van der Waals surface area (Å²) in [5, 5.41) is 5.50. The number of methoxy groups -OCH3 is 1. The summed E-state index contributed by atoms with van der Waals surface area (Å²) in [6, 6.07) is 11.2. The lowest BCUT2D eigenvalue weighted by Crippen LogP contribution is -2.14. The lowest BCUT2D eigenvalue weighted by molar-refractivity contribution is 0.102. The maximum absolute atomic E-state index is 12.8. The van der Waals surface area contributed by atoms with Gasteiger partial charge in [0.15, 0.2) is 0 Å². The van der Waals surface area contributed by atoms with Crippen molar-refractivity contribution in [3.05, 3.63) is 68.6 Å². The summed E-state index contributed by atoms with van der Waals surface area (Å²) in [6.07, 6.45) is 0. The van der Waals surface area contributed by atoms with E-state index >= 15 is 0 Å². The number of thiophene rings is 1. The highest BCUT2D eigenvalue weighted by molar-refractivity contribution is 7.09. The summed E-state index contributed by atoms with van der Waals surface area (Å²) in [7, 11) is 1.56. The van der Waals surface area contributed by atoms with Crippen LogP contribution in [-0.2, 0) is 6.54 Å². The molecule has 1 N–H and O–H groups in total. The van der Waals surface area contributed by atoms with E-state index in [-0.39, 0.29) is 5.91 Å². The Balaban J connectivity index is 1.87. The van der Waals surface area contributed by atoms with Gasteiger partial charge in [-0.2, -0.15) is 0 Å². The lowest BCUT2D eigenvalue weighted by Gasteiger charge is -2.11. The number of nitrogens with one attached hydrogen (secondary N) is 1. The number of aromatic nitrogens is 1. The first-order valence-corrected chi connectivity index (χ1v) is 9.09. The normalized spacial score (nSPS) is 10.7. The Morgan fingerprint density at radius 2 is 2.08 bits per heavy atom. The molecule has 0 spiro atoms. The Hall–Kier alpha value is -2.24. The SMILES string of the molecule is COc1ccc(Cl)cc1NC(=O)c1cc(C)n(Cc2cccs2)c1C. The number of rotatable bonds is 5. The molecule has 0 radical (unpaired) electrons. The molecule has 3 aromatic rings. The number of nitrogens with zero attached hydrogens (tertiary/aromatic N) is 1. The van der Waals surface area contributed by atoms with Crippen molar-refractivity contribution in [1.82, 2.24) is 4.57 Å². The monoisotopic (exact) mass is 374 g/mol. The molecular formula is C19H19ClN2O2S. The average molecular weight is 375 g/mol. The minimum atomic E-state index is -0.175. The first-order valence-electron chi connectivity index (χ1n) is 7.83. The van der Waals surface area contributed by atoms with Crippen LogP contribution in [0, 0.1) is 13.8 Å². The number of carbonyl (C=O) groups excluding carboxylic acids is 1. The third-order valence-corrected chi connectivity index (χ3v) is 5.22. The highest BCUT2D eigenvalue weighted by Crippen LogP contribution is 2.29. The van der Waals surface area contributed by atoms with E-state index in [1.807, 2.05) is 26.0 Å². The van der Waals surface area contributed by atoms with E-state index in [1.165, 1.54) is 4.88 Å². The Kier molecular flexibility index (Phi) is 5.16. The molecule has 2 aromatic heterocycles. The molecule has 0 saturated carbocycles. The van der Waals surface area contributed by atoms with Crippen LogP contribution in [-0.4, -0.2) is 17.6 Å². The highest BCUT2D eigenvalue weighted by atomic mass is 35.5. The second-order valence-electron chi connectivity index (χ2n) is 5.75. The molecule has 1 amide bonds. The maximum Gasteiger partial charge on any atom is 0.257 e. The third kappa shape index (κ3) is 3.72. The van der Waals surface area contributed by atoms with Crippen LogP contribution < -0.4 is 10.1 Å². The van der Waals surface area contributed by atoms with Crippen LogP contribution in [0.1, 0.15) is 26.6 Å². The molecule has 1 aromatic carbocycles. The van der Waals surface area contributed by atoms with Gasteiger partial charge in [-0.25, -0.2) is 0 Å². The number of amides is 1. The fourth-order valence-corrected chi connectivity index (χ4v) is 3.67. The zero-order valence-corrected chi connectivity index (χ0v) is 15.9. The molecule has 25 heavy (non-hydrogen) atoms. The molecule has 4 nitrogen and oxygen atoms in total. The van der Waals surface area contributed by atoms with Crippen LogP contribution >= 0.6 is 22.9 Å². The molecule has 0 atom stereocenters. The van der Waals surface area contributed by atoms with Crippen molar-refractivity contribution in [3.63, 3.8) is 0 Å². The van der Waals surface area contributed by atoms with Gasteiger partial charge in [0.05, 0.1) is 24.9 Å². The molecule has 0 unspecified atom stereocenters. The molecule has 0 aliphatic carbocycles. The Morgan fingerprint density at radius 3 is 2.76 bits per heavy atom. The standard InChI is InChI=1S/C19H19ClN2O2S/c1-12-9-16(13(2)22(12)11-15-5-4-8-25-15)19(23)21-17-10-14(20)6-7-18(17)24-3/h4-10H,11H2,1-3H3,(H,21,23). The minimum Gasteiger partial charge on any atom is -0.495 e. The van der Waals surface area contributed by atoms with Gasteiger partial charge < -0.3 is 14.6 Å². The van der Waals surface area contributed by atoms with Gasteiger partial charge in [-0.05, 0) is 49.6 Å². The van der Waals surface area contributed by atoms with E-state index in [2.05, 4.69) is 21.3 Å². The van der Waals surface area contributed by atoms with Crippen molar-refractivity contribution in [1.29, 1.82) is 0 Å². The molecule has 0 aliphatic heterocycles. The summed E-state index contributed by atoms with van der Waals surface area (Å²) in [5.41, 5.74) is 3.19. The fraction of sp³-hybridized carbons (Fsp3) is 0.211. The van der Waals surface area contributed by atoms with Gasteiger partial charge in [-0.3, -0.25) is 4.79 Å². The van der Waals surface area contributed by atoms with Crippen LogP contribution in [0.25, 0.3) is 0 Å².